The summed E-state index contributed by atoms with van der Waals surface area (Å²) in [7, 11) is 0. The van der Waals surface area contributed by atoms with Crippen molar-refractivity contribution in [2.45, 2.75) is 40.5 Å². The van der Waals surface area contributed by atoms with E-state index in [0.717, 1.165) is 24.4 Å². The van der Waals surface area contributed by atoms with Gasteiger partial charge in [0.1, 0.15) is 11.5 Å². The first-order chi connectivity index (χ1) is 5.38. The first-order valence-electron chi connectivity index (χ1n) is 4.43. The van der Waals surface area contributed by atoms with Gasteiger partial charge in [-0.15, -0.1) is 0 Å². The lowest BCUT2D eigenvalue weighted by Crippen LogP contribution is -2.06. The third kappa shape index (κ3) is 2.40. The molecule has 68 valence electrons. The zero-order chi connectivity index (χ0) is 9.35. The Bertz CT molecular complexity index is 228. The smallest absolute Gasteiger partial charge is 0.103 e. The molecule has 0 amide bonds. The molecule has 1 aliphatic heterocycles. The number of ether oxygens (including phenoxy) is 1. The highest BCUT2D eigenvalue weighted by molar-refractivity contribution is 5.20. The Morgan fingerprint density at radius 2 is 2.00 bits per heavy atom. The maximum absolute atomic E-state index is 5.53. The van der Waals surface area contributed by atoms with Crippen molar-refractivity contribution in [1.29, 1.82) is 0 Å². The van der Waals surface area contributed by atoms with Gasteiger partial charge in [-0.1, -0.05) is 27.4 Å². The Balaban J connectivity index is 2.65. The summed E-state index contributed by atoms with van der Waals surface area (Å²) in [6, 6.07) is 0. The second-order valence-corrected chi connectivity index (χ2v) is 4.76. The van der Waals surface area contributed by atoms with Gasteiger partial charge in [0.05, 0.1) is 0 Å². The van der Waals surface area contributed by atoms with Crippen LogP contribution in [0.5, 0.6) is 0 Å². The fourth-order valence-electron chi connectivity index (χ4n) is 1.36. The van der Waals surface area contributed by atoms with Gasteiger partial charge in [-0.25, -0.2) is 0 Å². The molecule has 0 fully saturated rings. The van der Waals surface area contributed by atoms with Crippen LogP contribution in [0, 0.1) is 5.41 Å². The van der Waals surface area contributed by atoms with Crippen LogP contribution in [0.15, 0.2) is 23.7 Å². The maximum atomic E-state index is 5.53. The van der Waals surface area contributed by atoms with Crippen LogP contribution >= 0.6 is 0 Å². The van der Waals surface area contributed by atoms with E-state index in [1.54, 1.807) is 0 Å². The molecule has 0 atom stereocenters. The van der Waals surface area contributed by atoms with Crippen LogP contribution in [0.2, 0.25) is 0 Å². The van der Waals surface area contributed by atoms with Crippen molar-refractivity contribution in [3.8, 4) is 0 Å². The first-order valence-corrected chi connectivity index (χ1v) is 4.43. The van der Waals surface area contributed by atoms with Crippen molar-refractivity contribution in [2.75, 3.05) is 0 Å². The molecule has 0 aromatic rings. The lowest BCUT2D eigenvalue weighted by Gasteiger charge is -2.18. The minimum Gasteiger partial charge on any atom is -0.466 e. The highest BCUT2D eigenvalue weighted by atomic mass is 16.5. The first kappa shape index (κ1) is 9.37. The van der Waals surface area contributed by atoms with E-state index >= 15 is 0 Å². The summed E-state index contributed by atoms with van der Waals surface area (Å²) in [4.78, 5) is 0. The van der Waals surface area contributed by atoms with E-state index in [-0.39, 0.29) is 0 Å². The summed E-state index contributed by atoms with van der Waals surface area (Å²) in [5.41, 5.74) is 1.65. The molecule has 0 aromatic carbocycles. The molecule has 1 heterocycles. The second-order valence-electron chi connectivity index (χ2n) is 4.76. The molecule has 0 saturated heterocycles. The van der Waals surface area contributed by atoms with Crippen molar-refractivity contribution in [2.24, 2.45) is 5.41 Å². The van der Waals surface area contributed by atoms with Gasteiger partial charge in [-0.2, -0.15) is 0 Å². The predicted octanol–water partition coefficient (Wildman–Crippen LogP) is 3.63. The Morgan fingerprint density at radius 3 is 2.33 bits per heavy atom. The Labute approximate surface area is 75.1 Å². The monoisotopic (exact) mass is 166 g/mol. The fraction of sp³-hybridized carbons (Fsp3) is 0.636. The Kier molecular flexibility index (Phi) is 2.31. The standard InChI is InChI=1S/C11H18O/c1-8-6-9(2)12-10(8)7-11(3,4)5/h2,6-7H2,1,3-5H3. The minimum absolute atomic E-state index is 0.307. The zero-order valence-electron chi connectivity index (χ0n) is 8.53. The van der Waals surface area contributed by atoms with Gasteiger partial charge in [-0.3, -0.25) is 0 Å². The zero-order valence-corrected chi connectivity index (χ0v) is 8.53. The lowest BCUT2D eigenvalue weighted by atomic mass is 9.90. The molecule has 0 radical (unpaired) electrons. The molecule has 0 unspecified atom stereocenters. The SMILES string of the molecule is C=C1CC(C)=C(CC(C)(C)C)O1. The summed E-state index contributed by atoms with van der Waals surface area (Å²) in [5.74, 6) is 2.03. The normalized spacial score (nSPS) is 18.5. The maximum Gasteiger partial charge on any atom is 0.103 e. The lowest BCUT2D eigenvalue weighted by molar-refractivity contribution is 0.263. The summed E-state index contributed by atoms with van der Waals surface area (Å²) >= 11 is 0. The van der Waals surface area contributed by atoms with Crippen LogP contribution in [0.4, 0.5) is 0 Å². The molecule has 0 bridgehead atoms. The largest absolute Gasteiger partial charge is 0.466 e. The van der Waals surface area contributed by atoms with Gasteiger partial charge in [0.2, 0.25) is 0 Å². The van der Waals surface area contributed by atoms with Gasteiger partial charge in [0, 0.05) is 12.8 Å². The van der Waals surface area contributed by atoms with Crippen molar-refractivity contribution in [3.05, 3.63) is 23.7 Å². The fourth-order valence-corrected chi connectivity index (χ4v) is 1.36. The molecule has 0 aliphatic carbocycles. The van der Waals surface area contributed by atoms with Crippen LogP contribution in [0.3, 0.4) is 0 Å². The van der Waals surface area contributed by atoms with Crippen LogP contribution in [0.1, 0.15) is 40.5 Å². The summed E-state index contributed by atoms with van der Waals surface area (Å²) in [5, 5.41) is 0. The van der Waals surface area contributed by atoms with E-state index in [9.17, 15) is 0 Å². The van der Waals surface area contributed by atoms with E-state index in [1.807, 2.05) is 0 Å². The molecule has 0 spiro atoms. The number of allylic oxidation sites excluding steroid dienone is 2. The third-order valence-electron chi connectivity index (χ3n) is 1.90. The highest BCUT2D eigenvalue weighted by Crippen LogP contribution is 2.34. The quantitative estimate of drug-likeness (QED) is 0.578. The molecule has 0 aromatic heterocycles. The van der Waals surface area contributed by atoms with Crippen LogP contribution < -0.4 is 0 Å². The van der Waals surface area contributed by atoms with Crippen molar-refractivity contribution in [3.63, 3.8) is 0 Å². The van der Waals surface area contributed by atoms with Crippen LogP contribution in [-0.4, -0.2) is 0 Å². The van der Waals surface area contributed by atoms with Crippen molar-refractivity contribution in [1.82, 2.24) is 0 Å². The van der Waals surface area contributed by atoms with E-state index in [4.69, 9.17) is 4.74 Å². The predicted molar refractivity (Wildman–Crippen MR) is 51.6 cm³/mol. The molecular weight excluding hydrogens is 148 g/mol. The molecule has 12 heavy (non-hydrogen) atoms. The van der Waals surface area contributed by atoms with Crippen molar-refractivity contribution < 1.29 is 4.74 Å². The average Bonchev–Trinajstić information content (AvgIpc) is 2.06. The molecule has 1 nitrogen and oxygen atoms in total. The molecule has 1 heteroatoms. The molecule has 0 N–H and O–H groups in total. The van der Waals surface area contributed by atoms with E-state index < -0.39 is 0 Å². The van der Waals surface area contributed by atoms with Gasteiger partial charge in [0.15, 0.2) is 0 Å². The molecule has 0 saturated carbocycles. The topological polar surface area (TPSA) is 9.23 Å². The van der Waals surface area contributed by atoms with Crippen LogP contribution in [0.25, 0.3) is 0 Å². The Hall–Kier alpha value is -0.720. The molecule has 1 rings (SSSR count). The molecule has 1 aliphatic rings. The highest BCUT2D eigenvalue weighted by Gasteiger charge is 2.21. The minimum atomic E-state index is 0.307. The van der Waals surface area contributed by atoms with Crippen LogP contribution in [-0.2, 0) is 4.74 Å². The van der Waals surface area contributed by atoms with Gasteiger partial charge in [0.25, 0.3) is 0 Å². The van der Waals surface area contributed by atoms with Crippen molar-refractivity contribution >= 4 is 0 Å². The third-order valence-corrected chi connectivity index (χ3v) is 1.90. The van der Waals surface area contributed by atoms with Gasteiger partial charge >= 0.3 is 0 Å². The summed E-state index contributed by atoms with van der Waals surface area (Å²) in [6.45, 7) is 12.6. The number of hydrogen-bond acceptors (Lipinski definition) is 1. The van der Waals surface area contributed by atoms with E-state index in [0.29, 0.717) is 5.41 Å². The average molecular weight is 166 g/mol. The number of rotatable bonds is 1. The van der Waals surface area contributed by atoms with E-state index in [2.05, 4.69) is 34.3 Å². The van der Waals surface area contributed by atoms with Gasteiger partial charge < -0.3 is 4.74 Å². The van der Waals surface area contributed by atoms with E-state index in [1.165, 1.54) is 5.57 Å². The number of hydrogen-bond donors (Lipinski definition) is 0. The summed E-state index contributed by atoms with van der Waals surface area (Å²) < 4.78 is 5.53. The second kappa shape index (κ2) is 2.96. The molecular formula is C11H18O. The Morgan fingerprint density at radius 1 is 1.42 bits per heavy atom. The van der Waals surface area contributed by atoms with Gasteiger partial charge in [-0.05, 0) is 17.9 Å². The summed E-state index contributed by atoms with van der Waals surface area (Å²) in [6.07, 6.45) is 1.93.